The van der Waals surface area contributed by atoms with Crippen LogP contribution < -0.4 is 20.9 Å². The Morgan fingerprint density at radius 3 is 2.44 bits per heavy atom. The van der Waals surface area contributed by atoms with Gasteiger partial charge in [-0.1, -0.05) is 32.9 Å². The van der Waals surface area contributed by atoms with Crippen molar-refractivity contribution < 1.29 is 17.9 Å². The Morgan fingerprint density at radius 1 is 1.12 bits per heavy atom. The first-order valence-corrected chi connectivity index (χ1v) is 13.0. The number of hydrogen-bond acceptors (Lipinski definition) is 5. The highest BCUT2D eigenvalue weighted by molar-refractivity contribution is 7.92. The van der Waals surface area contributed by atoms with E-state index in [2.05, 4.69) is 20.9 Å². The van der Waals surface area contributed by atoms with Gasteiger partial charge < -0.3 is 10.1 Å². The molecule has 2 aromatic carbocycles. The van der Waals surface area contributed by atoms with Crippen molar-refractivity contribution in [3.63, 3.8) is 0 Å². The summed E-state index contributed by atoms with van der Waals surface area (Å²) < 4.78 is 34.2. The van der Waals surface area contributed by atoms with Crippen molar-refractivity contribution in [3.05, 3.63) is 59.2 Å². The van der Waals surface area contributed by atoms with Crippen LogP contribution in [-0.4, -0.2) is 38.7 Å². The van der Waals surface area contributed by atoms with Gasteiger partial charge in [-0.2, -0.15) is 0 Å². The van der Waals surface area contributed by atoms with Gasteiger partial charge in [-0.25, -0.2) is 8.42 Å². The summed E-state index contributed by atoms with van der Waals surface area (Å²) in [5.41, 5.74) is 7.30. The van der Waals surface area contributed by atoms with Crippen molar-refractivity contribution in [1.82, 2.24) is 16.2 Å². The van der Waals surface area contributed by atoms with E-state index in [9.17, 15) is 13.2 Å². The van der Waals surface area contributed by atoms with E-state index in [1.54, 1.807) is 25.1 Å². The van der Waals surface area contributed by atoms with Gasteiger partial charge in [0.1, 0.15) is 0 Å². The first-order chi connectivity index (χ1) is 16.0. The summed E-state index contributed by atoms with van der Waals surface area (Å²) >= 11 is 5.16. The van der Waals surface area contributed by atoms with Crippen molar-refractivity contribution in [2.75, 3.05) is 17.9 Å². The van der Waals surface area contributed by atoms with E-state index < -0.39 is 15.9 Å². The molecule has 0 spiro atoms. The molecule has 10 heteroatoms. The van der Waals surface area contributed by atoms with Crippen LogP contribution in [0, 0.1) is 6.92 Å². The summed E-state index contributed by atoms with van der Waals surface area (Å²) in [7, 11) is -3.79. The molecule has 0 aliphatic carbocycles. The maximum Gasteiger partial charge on any atom is 0.269 e. The number of rotatable bonds is 6. The number of anilines is 1. The van der Waals surface area contributed by atoms with Gasteiger partial charge in [0.2, 0.25) is 0 Å². The maximum atomic E-state index is 13.0. The molecule has 1 aliphatic rings. The Hall–Kier alpha value is -2.69. The van der Waals surface area contributed by atoms with Gasteiger partial charge in [-0.15, -0.1) is 0 Å². The average Bonchev–Trinajstić information content (AvgIpc) is 3.29. The molecule has 1 saturated heterocycles. The molecule has 1 heterocycles. The Morgan fingerprint density at radius 2 is 1.82 bits per heavy atom. The van der Waals surface area contributed by atoms with Crippen molar-refractivity contribution in [2.24, 2.45) is 0 Å². The standard InChI is InChI=1S/C24H32N4O4S2/c1-16-7-10-18(24(2,3)4)14-21(16)34(30,31)28-19-11-8-17(9-12-19)22(29)26-27-23(33)25-15-20-6-5-13-32-20/h7-12,14,20,28H,5-6,13,15H2,1-4H3,(H,26,29)(H2,25,27,33)/t20-/m1/s1. The van der Waals surface area contributed by atoms with Crippen LogP contribution in [0.25, 0.3) is 0 Å². The fourth-order valence-electron chi connectivity index (χ4n) is 3.50. The highest BCUT2D eigenvalue weighted by Gasteiger charge is 2.22. The van der Waals surface area contributed by atoms with E-state index in [1.807, 2.05) is 32.9 Å². The molecule has 0 bridgehead atoms. The topological polar surface area (TPSA) is 109 Å². The number of benzene rings is 2. The van der Waals surface area contributed by atoms with E-state index in [0.717, 1.165) is 25.0 Å². The number of sulfonamides is 1. The smallest absolute Gasteiger partial charge is 0.269 e. The molecule has 1 fully saturated rings. The molecule has 0 saturated carbocycles. The Balaban J connectivity index is 1.58. The molecule has 4 N–H and O–H groups in total. The fraction of sp³-hybridized carbons (Fsp3) is 0.417. The van der Waals surface area contributed by atoms with Crippen LogP contribution in [0.4, 0.5) is 5.69 Å². The van der Waals surface area contributed by atoms with E-state index in [1.165, 1.54) is 12.1 Å². The Kier molecular flexibility index (Phi) is 8.17. The molecule has 0 unspecified atom stereocenters. The zero-order valence-corrected chi connectivity index (χ0v) is 21.5. The lowest BCUT2D eigenvalue weighted by Gasteiger charge is -2.21. The first kappa shape index (κ1) is 25.9. The second kappa shape index (κ2) is 10.7. The number of thiocarbonyl (C=S) groups is 1. The molecule has 3 rings (SSSR count). The van der Waals surface area contributed by atoms with Crippen molar-refractivity contribution >= 4 is 38.9 Å². The van der Waals surface area contributed by atoms with Gasteiger partial charge in [-0.3, -0.25) is 20.4 Å². The molecule has 1 amide bonds. The lowest BCUT2D eigenvalue weighted by molar-refractivity contribution is 0.0943. The van der Waals surface area contributed by atoms with Gasteiger partial charge in [-0.05, 0) is 78.9 Å². The number of hydrazine groups is 1. The van der Waals surface area contributed by atoms with Gasteiger partial charge in [0.15, 0.2) is 5.11 Å². The van der Waals surface area contributed by atoms with Crippen LogP contribution in [-0.2, 0) is 20.2 Å². The van der Waals surface area contributed by atoms with Crippen LogP contribution in [0.1, 0.15) is 55.1 Å². The summed E-state index contributed by atoms with van der Waals surface area (Å²) in [5.74, 6) is -0.399. The first-order valence-electron chi connectivity index (χ1n) is 11.2. The summed E-state index contributed by atoms with van der Waals surface area (Å²) in [6, 6.07) is 11.6. The van der Waals surface area contributed by atoms with Crippen molar-refractivity contribution in [2.45, 2.75) is 57.0 Å². The zero-order chi connectivity index (χ0) is 24.9. The SMILES string of the molecule is Cc1ccc(C(C)(C)C)cc1S(=O)(=O)Nc1ccc(C(=O)NNC(=S)NC[C@H]2CCCO2)cc1. The lowest BCUT2D eigenvalue weighted by Crippen LogP contribution is -2.48. The molecule has 0 aromatic heterocycles. The molecule has 1 atom stereocenters. The summed E-state index contributed by atoms with van der Waals surface area (Å²) in [6.45, 7) is 9.21. The van der Waals surface area contributed by atoms with E-state index in [-0.39, 0.29) is 16.4 Å². The van der Waals surface area contributed by atoms with E-state index in [4.69, 9.17) is 17.0 Å². The molecule has 0 radical (unpaired) electrons. The third-order valence-corrected chi connectivity index (χ3v) is 7.32. The number of amides is 1. The molecular weight excluding hydrogens is 472 g/mol. The normalized spacial score (nSPS) is 16.1. The predicted octanol–water partition coefficient (Wildman–Crippen LogP) is 3.38. The number of ether oxygens (including phenoxy) is 1. The highest BCUT2D eigenvalue weighted by atomic mass is 32.2. The Labute approximate surface area is 206 Å². The van der Waals surface area contributed by atoms with Crippen LogP contribution in [0.3, 0.4) is 0 Å². The van der Waals surface area contributed by atoms with E-state index in [0.29, 0.717) is 28.5 Å². The Bertz CT molecular complexity index is 1140. The average molecular weight is 505 g/mol. The molecular formula is C24H32N4O4S2. The quantitative estimate of drug-likeness (QED) is 0.353. The third kappa shape index (κ3) is 6.91. The molecule has 2 aromatic rings. The third-order valence-electron chi connectivity index (χ3n) is 5.55. The van der Waals surface area contributed by atoms with Gasteiger partial charge in [0, 0.05) is 24.4 Å². The number of carbonyl (C=O) groups is 1. The van der Waals surface area contributed by atoms with Crippen LogP contribution >= 0.6 is 12.2 Å². The predicted molar refractivity (Wildman–Crippen MR) is 137 cm³/mol. The van der Waals surface area contributed by atoms with E-state index >= 15 is 0 Å². The molecule has 34 heavy (non-hydrogen) atoms. The zero-order valence-electron chi connectivity index (χ0n) is 19.9. The minimum atomic E-state index is -3.79. The molecule has 184 valence electrons. The largest absolute Gasteiger partial charge is 0.376 e. The van der Waals surface area contributed by atoms with Crippen LogP contribution in [0.2, 0.25) is 0 Å². The van der Waals surface area contributed by atoms with Crippen LogP contribution in [0.15, 0.2) is 47.4 Å². The maximum absolute atomic E-state index is 13.0. The summed E-state index contributed by atoms with van der Waals surface area (Å²) in [5, 5.41) is 3.30. The van der Waals surface area contributed by atoms with Gasteiger partial charge in [0.25, 0.3) is 15.9 Å². The molecule has 8 nitrogen and oxygen atoms in total. The second-order valence-corrected chi connectivity index (χ2v) is 11.4. The van der Waals surface area contributed by atoms with Crippen molar-refractivity contribution in [3.8, 4) is 0 Å². The number of aryl methyl sites for hydroxylation is 1. The van der Waals surface area contributed by atoms with Crippen LogP contribution in [0.5, 0.6) is 0 Å². The van der Waals surface area contributed by atoms with Crippen molar-refractivity contribution in [1.29, 1.82) is 0 Å². The number of carbonyl (C=O) groups excluding carboxylic acids is 1. The fourth-order valence-corrected chi connectivity index (χ4v) is 4.96. The monoisotopic (exact) mass is 504 g/mol. The minimum Gasteiger partial charge on any atom is -0.376 e. The number of nitrogens with one attached hydrogen (secondary N) is 4. The highest BCUT2D eigenvalue weighted by Crippen LogP contribution is 2.27. The lowest BCUT2D eigenvalue weighted by atomic mass is 9.87. The van der Waals surface area contributed by atoms with Gasteiger partial charge >= 0.3 is 0 Å². The second-order valence-electron chi connectivity index (χ2n) is 9.34. The van der Waals surface area contributed by atoms with Gasteiger partial charge in [0.05, 0.1) is 11.0 Å². The minimum absolute atomic E-state index is 0.131. The number of hydrogen-bond donors (Lipinski definition) is 4. The summed E-state index contributed by atoms with van der Waals surface area (Å²) in [6.07, 6.45) is 2.16. The summed E-state index contributed by atoms with van der Waals surface area (Å²) in [4.78, 5) is 12.6. The molecule has 1 aliphatic heterocycles.